The Kier molecular flexibility index (Phi) is 6.89. The van der Waals surface area contributed by atoms with Crippen molar-refractivity contribution < 1.29 is 9.59 Å². The lowest BCUT2D eigenvalue weighted by atomic mass is 9.92. The molecule has 1 atom stereocenters. The molecule has 2 fully saturated rings. The summed E-state index contributed by atoms with van der Waals surface area (Å²) in [6.07, 6.45) is 3.27. The summed E-state index contributed by atoms with van der Waals surface area (Å²) in [6.45, 7) is 6.42. The van der Waals surface area contributed by atoms with Gasteiger partial charge in [0.25, 0.3) is 0 Å². The summed E-state index contributed by atoms with van der Waals surface area (Å²) in [5, 5.41) is 12.0. The van der Waals surface area contributed by atoms with Crippen molar-refractivity contribution in [3.8, 4) is 0 Å². The molecule has 1 aliphatic carbocycles. The molecule has 0 aromatic heterocycles. The van der Waals surface area contributed by atoms with Crippen LogP contribution in [-0.4, -0.2) is 31.1 Å². The molecule has 6 nitrogen and oxygen atoms in total. The molecule has 1 aromatic carbocycles. The van der Waals surface area contributed by atoms with Gasteiger partial charge in [-0.25, -0.2) is 4.79 Å². The molecule has 3 amide bonds. The van der Waals surface area contributed by atoms with E-state index in [0.29, 0.717) is 6.54 Å². The van der Waals surface area contributed by atoms with Crippen molar-refractivity contribution in [2.75, 3.05) is 18.4 Å². The molecule has 26 heavy (non-hydrogen) atoms. The maximum Gasteiger partial charge on any atom is 0.319 e. The van der Waals surface area contributed by atoms with Gasteiger partial charge in [0.05, 0.1) is 0 Å². The zero-order valence-corrected chi connectivity index (χ0v) is 16.2. The van der Waals surface area contributed by atoms with Gasteiger partial charge in [-0.15, -0.1) is 12.4 Å². The van der Waals surface area contributed by atoms with Crippen molar-refractivity contribution in [2.45, 2.75) is 45.7 Å². The number of urea groups is 1. The van der Waals surface area contributed by atoms with Crippen molar-refractivity contribution in [1.82, 2.24) is 16.0 Å². The number of carbonyl (C=O) groups is 2. The van der Waals surface area contributed by atoms with Gasteiger partial charge in [0.2, 0.25) is 5.91 Å². The highest BCUT2D eigenvalue weighted by Crippen LogP contribution is 2.58. The van der Waals surface area contributed by atoms with Crippen LogP contribution in [0.15, 0.2) is 24.3 Å². The molecule has 0 radical (unpaired) electrons. The van der Waals surface area contributed by atoms with E-state index in [9.17, 15) is 9.59 Å². The average molecular weight is 381 g/mol. The number of nitrogens with one attached hydrogen (secondary N) is 4. The molecule has 4 N–H and O–H groups in total. The van der Waals surface area contributed by atoms with Crippen LogP contribution < -0.4 is 21.3 Å². The van der Waals surface area contributed by atoms with Crippen LogP contribution in [0.5, 0.6) is 0 Å². The predicted molar refractivity (Wildman–Crippen MR) is 105 cm³/mol. The first-order valence-electron chi connectivity index (χ1n) is 9.13. The molecular formula is C19H29ClN4O2. The first-order valence-corrected chi connectivity index (χ1v) is 9.13. The highest BCUT2D eigenvalue weighted by atomic mass is 35.5. The minimum atomic E-state index is -0.211. The molecule has 1 aromatic rings. The summed E-state index contributed by atoms with van der Waals surface area (Å²) < 4.78 is 0. The van der Waals surface area contributed by atoms with Crippen LogP contribution in [0.2, 0.25) is 0 Å². The highest BCUT2D eigenvalue weighted by Gasteiger charge is 2.57. The van der Waals surface area contributed by atoms with Gasteiger partial charge in [0, 0.05) is 24.2 Å². The Morgan fingerprint density at radius 3 is 2.46 bits per heavy atom. The summed E-state index contributed by atoms with van der Waals surface area (Å²) in [5.74, 6) is 0.371. The lowest BCUT2D eigenvalue weighted by Gasteiger charge is -2.23. The Morgan fingerprint density at radius 2 is 1.85 bits per heavy atom. The molecule has 1 saturated carbocycles. The van der Waals surface area contributed by atoms with E-state index in [0.717, 1.165) is 43.6 Å². The minimum absolute atomic E-state index is 0. The van der Waals surface area contributed by atoms with Crippen LogP contribution in [0, 0.1) is 11.3 Å². The van der Waals surface area contributed by atoms with E-state index in [1.807, 2.05) is 38.1 Å². The Labute approximate surface area is 161 Å². The fourth-order valence-electron chi connectivity index (χ4n) is 3.64. The van der Waals surface area contributed by atoms with E-state index in [1.165, 1.54) is 0 Å². The summed E-state index contributed by atoms with van der Waals surface area (Å²) in [4.78, 5) is 24.0. The smallest absolute Gasteiger partial charge is 0.319 e. The van der Waals surface area contributed by atoms with Gasteiger partial charge in [-0.2, -0.15) is 0 Å². The van der Waals surface area contributed by atoms with E-state index in [2.05, 4.69) is 21.3 Å². The second-order valence-corrected chi connectivity index (χ2v) is 7.54. The molecule has 144 valence electrons. The third-order valence-corrected chi connectivity index (χ3v) is 5.20. The van der Waals surface area contributed by atoms with Crippen molar-refractivity contribution in [1.29, 1.82) is 0 Å². The van der Waals surface area contributed by atoms with Gasteiger partial charge in [0.1, 0.15) is 0 Å². The predicted octanol–water partition coefficient (Wildman–Crippen LogP) is 2.64. The van der Waals surface area contributed by atoms with Gasteiger partial charge in [-0.05, 0) is 69.3 Å². The van der Waals surface area contributed by atoms with Crippen molar-refractivity contribution in [2.24, 2.45) is 11.3 Å². The normalized spacial score (nSPS) is 20.2. The Morgan fingerprint density at radius 1 is 1.19 bits per heavy atom. The number of benzene rings is 1. The number of anilines is 1. The second-order valence-electron chi connectivity index (χ2n) is 7.54. The van der Waals surface area contributed by atoms with Crippen LogP contribution in [0.1, 0.15) is 38.7 Å². The quantitative estimate of drug-likeness (QED) is 0.633. The topological polar surface area (TPSA) is 82.3 Å². The summed E-state index contributed by atoms with van der Waals surface area (Å²) in [6, 6.07) is 7.45. The largest absolute Gasteiger partial charge is 0.352 e. The van der Waals surface area contributed by atoms with Crippen molar-refractivity contribution in [3.05, 3.63) is 29.8 Å². The zero-order chi connectivity index (χ0) is 17.9. The fraction of sp³-hybridized carbons (Fsp3) is 0.579. The highest BCUT2D eigenvalue weighted by molar-refractivity contribution is 5.89. The van der Waals surface area contributed by atoms with Crippen LogP contribution >= 0.6 is 12.4 Å². The minimum Gasteiger partial charge on any atom is -0.352 e. The monoisotopic (exact) mass is 380 g/mol. The van der Waals surface area contributed by atoms with Crippen LogP contribution in [-0.2, 0) is 11.3 Å². The fourth-order valence-corrected chi connectivity index (χ4v) is 3.64. The van der Waals surface area contributed by atoms with Crippen LogP contribution in [0.3, 0.4) is 0 Å². The molecular weight excluding hydrogens is 352 g/mol. The number of hydrogen-bond acceptors (Lipinski definition) is 3. The lowest BCUT2D eigenvalue weighted by Crippen LogP contribution is -2.34. The number of amides is 3. The molecule has 1 spiro atoms. The van der Waals surface area contributed by atoms with E-state index in [-0.39, 0.29) is 41.7 Å². The molecule has 1 saturated heterocycles. The maximum absolute atomic E-state index is 12.4. The lowest BCUT2D eigenvalue weighted by molar-refractivity contribution is -0.123. The number of rotatable bonds is 5. The van der Waals surface area contributed by atoms with Gasteiger partial charge >= 0.3 is 6.03 Å². The number of piperidine rings is 1. The van der Waals surface area contributed by atoms with Gasteiger partial charge in [0.15, 0.2) is 0 Å². The third kappa shape index (κ3) is 5.11. The van der Waals surface area contributed by atoms with Crippen LogP contribution in [0.4, 0.5) is 10.5 Å². The summed E-state index contributed by atoms with van der Waals surface area (Å²) in [7, 11) is 0. The van der Waals surface area contributed by atoms with E-state index < -0.39 is 0 Å². The molecule has 1 aliphatic heterocycles. The molecule has 1 unspecified atom stereocenters. The summed E-state index contributed by atoms with van der Waals surface area (Å²) in [5.41, 5.74) is 2.04. The average Bonchev–Trinajstić information content (AvgIpc) is 3.27. The van der Waals surface area contributed by atoms with Crippen molar-refractivity contribution in [3.63, 3.8) is 0 Å². The van der Waals surface area contributed by atoms with E-state index in [1.54, 1.807) is 0 Å². The van der Waals surface area contributed by atoms with Gasteiger partial charge in [-0.1, -0.05) is 12.1 Å². The first-order chi connectivity index (χ1) is 12.0. The molecule has 2 aliphatic rings. The van der Waals surface area contributed by atoms with E-state index in [4.69, 9.17) is 0 Å². The standard InChI is InChI=1S/C19H28N4O2.ClH/c1-13(2)22-18(25)23-15-5-3-14(4-6-15)12-21-17(24)16-11-19(16)7-9-20-10-8-19;/h3-6,13,16,20H,7-12H2,1-2H3,(H,21,24)(H2,22,23,25);1H. The molecule has 3 rings (SSSR count). The van der Waals surface area contributed by atoms with Crippen molar-refractivity contribution >= 4 is 30.0 Å². The summed E-state index contributed by atoms with van der Waals surface area (Å²) >= 11 is 0. The maximum atomic E-state index is 12.4. The number of carbonyl (C=O) groups excluding carboxylic acids is 2. The number of hydrogen-bond donors (Lipinski definition) is 4. The number of halogens is 1. The Balaban J connectivity index is 0.00000243. The Hall–Kier alpha value is -1.79. The first kappa shape index (κ1) is 20.5. The second kappa shape index (κ2) is 8.73. The molecule has 1 heterocycles. The van der Waals surface area contributed by atoms with Gasteiger partial charge < -0.3 is 21.3 Å². The zero-order valence-electron chi connectivity index (χ0n) is 15.4. The van der Waals surface area contributed by atoms with E-state index >= 15 is 0 Å². The Bertz CT molecular complexity index is 627. The van der Waals surface area contributed by atoms with Crippen LogP contribution in [0.25, 0.3) is 0 Å². The van der Waals surface area contributed by atoms with Gasteiger partial charge in [-0.3, -0.25) is 4.79 Å². The SMILES string of the molecule is CC(C)NC(=O)Nc1ccc(CNC(=O)C2CC23CCNCC3)cc1.Cl. The third-order valence-electron chi connectivity index (χ3n) is 5.20. The molecule has 7 heteroatoms. The molecule has 0 bridgehead atoms.